The summed E-state index contributed by atoms with van der Waals surface area (Å²) in [6, 6.07) is 18.9. The van der Waals surface area contributed by atoms with Gasteiger partial charge >= 0.3 is 0 Å². The zero-order valence-electron chi connectivity index (χ0n) is 20.7. The van der Waals surface area contributed by atoms with E-state index in [0.717, 1.165) is 59.8 Å². The molecule has 1 aliphatic carbocycles. The van der Waals surface area contributed by atoms with E-state index in [1.54, 1.807) is 12.1 Å². The molecule has 3 aliphatic rings. The molecule has 1 saturated carbocycles. The van der Waals surface area contributed by atoms with Crippen molar-refractivity contribution in [2.45, 2.75) is 38.6 Å². The van der Waals surface area contributed by atoms with E-state index in [-0.39, 0.29) is 29.5 Å². The number of likely N-dealkylation sites (tertiary alicyclic amines) is 1. The van der Waals surface area contributed by atoms with Crippen LogP contribution in [0.1, 0.15) is 38.7 Å². The number of nitrogens with zero attached hydrogens (tertiary/aromatic N) is 3. The first kappa shape index (κ1) is 22.9. The molecular formula is C30H30FN3O2. The van der Waals surface area contributed by atoms with Crippen LogP contribution in [0.4, 0.5) is 4.39 Å². The zero-order chi connectivity index (χ0) is 25.0. The van der Waals surface area contributed by atoms with Gasteiger partial charge in [0.15, 0.2) is 0 Å². The molecule has 2 aliphatic heterocycles. The Hall–Kier alpha value is -3.54. The van der Waals surface area contributed by atoms with Gasteiger partial charge in [0.1, 0.15) is 17.2 Å². The van der Waals surface area contributed by atoms with Crippen LogP contribution < -0.4 is 0 Å². The number of amidine groups is 1. The smallest absolute Gasteiger partial charge is 0.255 e. The summed E-state index contributed by atoms with van der Waals surface area (Å²) in [6.45, 7) is 5.81. The van der Waals surface area contributed by atoms with Gasteiger partial charge in [0, 0.05) is 31.1 Å². The minimum Gasteiger partial charge on any atom is -0.342 e. The molecule has 2 fully saturated rings. The van der Waals surface area contributed by atoms with Crippen LogP contribution in [-0.4, -0.2) is 52.6 Å². The summed E-state index contributed by atoms with van der Waals surface area (Å²) >= 11 is 0. The molecule has 6 heteroatoms. The molecule has 0 unspecified atom stereocenters. The summed E-state index contributed by atoms with van der Waals surface area (Å²) in [5.74, 6) is 1.26. The molecule has 0 spiro atoms. The van der Waals surface area contributed by atoms with E-state index in [4.69, 9.17) is 4.99 Å². The normalized spacial score (nSPS) is 21.4. The Balaban J connectivity index is 1.22. The summed E-state index contributed by atoms with van der Waals surface area (Å²) in [7, 11) is 0. The molecule has 2 heterocycles. The maximum Gasteiger partial charge on any atom is 0.255 e. The van der Waals surface area contributed by atoms with Crippen molar-refractivity contribution < 1.29 is 14.0 Å². The quantitative estimate of drug-likeness (QED) is 0.496. The highest BCUT2D eigenvalue weighted by molar-refractivity contribution is 6.15. The van der Waals surface area contributed by atoms with Crippen molar-refractivity contribution in [3.05, 3.63) is 72.0 Å². The highest BCUT2D eigenvalue weighted by Gasteiger charge is 2.43. The number of hydrogen-bond donors (Lipinski definition) is 0. The van der Waals surface area contributed by atoms with Crippen molar-refractivity contribution in [1.82, 2.24) is 9.80 Å². The van der Waals surface area contributed by atoms with Gasteiger partial charge in [-0.05, 0) is 79.1 Å². The minimum atomic E-state index is -0.802. The van der Waals surface area contributed by atoms with Gasteiger partial charge in [-0.2, -0.15) is 0 Å². The third-order valence-electron chi connectivity index (χ3n) is 7.65. The summed E-state index contributed by atoms with van der Waals surface area (Å²) in [6.07, 6.45) is 2.95. The Labute approximate surface area is 210 Å². The van der Waals surface area contributed by atoms with Crippen molar-refractivity contribution in [2.24, 2.45) is 16.8 Å². The fourth-order valence-corrected chi connectivity index (χ4v) is 5.43. The molecule has 2 amide bonds. The molecule has 36 heavy (non-hydrogen) atoms. The highest BCUT2D eigenvalue weighted by Crippen LogP contribution is 2.34. The minimum absolute atomic E-state index is 0.00954. The summed E-state index contributed by atoms with van der Waals surface area (Å²) in [4.78, 5) is 34.4. The molecular weight excluding hydrogens is 453 g/mol. The maximum atomic E-state index is 13.5. The van der Waals surface area contributed by atoms with Crippen LogP contribution in [-0.2, 0) is 9.59 Å². The predicted octanol–water partition coefficient (Wildman–Crippen LogP) is 5.27. The van der Waals surface area contributed by atoms with Gasteiger partial charge in [0.05, 0.1) is 0 Å². The lowest BCUT2D eigenvalue weighted by Crippen LogP contribution is -2.42. The number of amides is 2. The van der Waals surface area contributed by atoms with E-state index in [1.165, 1.54) is 6.07 Å². The lowest BCUT2D eigenvalue weighted by Gasteiger charge is -2.24. The number of benzene rings is 3. The lowest BCUT2D eigenvalue weighted by molar-refractivity contribution is -0.131. The number of aliphatic imine (C=N–C) groups is 1. The van der Waals surface area contributed by atoms with Gasteiger partial charge in [-0.3, -0.25) is 19.5 Å². The van der Waals surface area contributed by atoms with E-state index in [1.807, 2.05) is 60.0 Å². The third kappa shape index (κ3) is 4.19. The average Bonchev–Trinajstić information content (AvgIpc) is 3.58. The zero-order valence-corrected chi connectivity index (χ0v) is 20.7. The van der Waals surface area contributed by atoms with Gasteiger partial charge < -0.3 is 4.90 Å². The van der Waals surface area contributed by atoms with E-state index >= 15 is 0 Å². The molecule has 0 bridgehead atoms. The van der Waals surface area contributed by atoms with Crippen LogP contribution in [0.15, 0.2) is 65.7 Å². The Kier molecular flexibility index (Phi) is 5.43. The number of halogens is 1. The standard InChI is InChI=1S/C30H30FN3O2/c1-30(2)29(36)34(18-19-13-14-33(17-19)28(35)22-7-8-22)27(32-30)21-5-3-20(4-6-21)23-9-10-25-16-26(31)12-11-24(25)15-23/h3-6,9-12,15-16,19,22H,7-8,13-14,17-18H2,1-2H3/t19-/m1/s1. The van der Waals surface area contributed by atoms with E-state index < -0.39 is 5.54 Å². The van der Waals surface area contributed by atoms with E-state index in [9.17, 15) is 14.0 Å². The second kappa shape index (κ2) is 8.54. The number of carbonyl (C=O) groups is 2. The second-order valence-electron chi connectivity index (χ2n) is 10.9. The first-order valence-electron chi connectivity index (χ1n) is 12.8. The van der Waals surface area contributed by atoms with Crippen molar-refractivity contribution in [3.8, 4) is 11.1 Å². The van der Waals surface area contributed by atoms with Crippen molar-refractivity contribution in [1.29, 1.82) is 0 Å². The molecule has 3 aromatic rings. The van der Waals surface area contributed by atoms with Gasteiger partial charge in [0.25, 0.3) is 5.91 Å². The van der Waals surface area contributed by atoms with Gasteiger partial charge in [-0.1, -0.05) is 42.5 Å². The molecule has 3 aromatic carbocycles. The number of fused-ring (bicyclic) bond motifs is 1. The number of carbonyl (C=O) groups excluding carboxylic acids is 2. The Morgan fingerprint density at radius 1 is 0.944 bits per heavy atom. The highest BCUT2D eigenvalue weighted by atomic mass is 19.1. The molecule has 0 aromatic heterocycles. The van der Waals surface area contributed by atoms with Crippen LogP contribution in [0.5, 0.6) is 0 Å². The van der Waals surface area contributed by atoms with E-state index in [0.29, 0.717) is 12.4 Å². The molecule has 1 atom stereocenters. The molecule has 1 saturated heterocycles. The van der Waals surface area contributed by atoms with E-state index in [2.05, 4.69) is 6.07 Å². The summed E-state index contributed by atoms with van der Waals surface area (Å²) in [5, 5.41) is 1.86. The van der Waals surface area contributed by atoms with Crippen LogP contribution in [0.25, 0.3) is 21.9 Å². The number of rotatable bonds is 5. The van der Waals surface area contributed by atoms with Crippen molar-refractivity contribution in [2.75, 3.05) is 19.6 Å². The van der Waals surface area contributed by atoms with Gasteiger partial charge in [-0.15, -0.1) is 0 Å². The Morgan fingerprint density at radius 3 is 2.36 bits per heavy atom. The largest absolute Gasteiger partial charge is 0.342 e. The van der Waals surface area contributed by atoms with Gasteiger partial charge in [-0.25, -0.2) is 4.39 Å². The third-order valence-corrected chi connectivity index (χ3v) is 7.65. The molecule has 0 radical (unpaired) electrons. The average molecular weight is 484 g/mol. The molecule has 5 nitrogen and oxygen atoms in total. The van der Waals surface area contributed by atoms with Crippen molar-refractivity contribution >= 4 is 28.4 Å². The maximum absolute atomic E-state index is 13.5. The molecule has 184 valence electrons. The van der Waals surface area contributed by atoms with Crippen LogP contribution in [0.3, 0.4) is 0 Å². The fraction of sp³-hybridized carbons (Fsp3) is 0.367. The second-order valence-corrected chi connectivity index (χ2v) is 10.9. The van der Waals surface area contributed by atoms with Crippen LogP contribution in [0, 0.1) is 17.7 Å². The summed E-state index contributed by atoms with van der Waals surface area (Å²) in [5.41, 5.74) is 2.20. The molecule has 6 rings (SSSR count). The van der Waals surface area contributed by atoms with Gasteiger partial charge in [0.2, 0.25) is 5.91 Å². The molecule has 0 N–H and O–H groups in total. The summed E-state index contributed by atoms with van der Waals surface area (Å²) < 4.78 is 13.5. The van der Waals surface area contributed by atoms with Crippen LogP contribution >= 0.6 is 0 Å². The first-order valence-corrected chi connectivity index (χ1v) is 12.8. The lowest BCUT2D eigenvalue weighted by atomic mass is 10.00. The van der Waals surface area contributed by atoms with Crippen LogP contribution in [0.2, 0.25) is 0 Å². The number of hydrogen-bond acceptors (Lipinski definition) is 3. The fourth-order valence-electron chi connectivity index (χ4n) is 5.43. The predicted molar refractivity (Wildman–Crippen MR) is 139 cm³/mol. The monoisotopic (exact) mass is 483 g/mol. The van der Waals surface area contributed by atoms with Crippen molar-refractivity contribution in [3.63, 3.8) is 0 Å². The SMILES string of the molecule is CC1(C)N=C(c2ccc(-c3ccc4cc(F)ccc4c3)cc2)N(C[C@@H]2CCN(C(=O)C3CC3)C2)C1=O. The Bertz CT molecular complexity index is 1390. The topological polar surface area (TPSA) is 53.0 Å². The Morgan fingerprint density at radius 2 is 1.61 bits per heavy atom. The first-order chi connectivity index (χ1) is 17.3.